The van der Waals surface area contributed by atoms with Crippen LogP contribution in [0.3, 0.4) is 0 Å². The van der Waals surface area contributed by atoms with Gasteiger partial charge in [0, 0.05) is 24.9 Å². The van der Waals surface area contributed by atoms with Crippen molar-refractivity contribution in [2.75, 3.05) is 5.32 Å². The van der Waals surface area contributed by atoms with Crippen LogP contribution in [0.4, 0.5) is 5.82 Å². The van der Waals surface area contributed by atoms with E-state index in [1.165, 1.54) is 6.20 Å². The molecule has 7 heteroatoms. The van der Waals surface area contributed by atoms with Crippen molar-refractivity contribution in [1.29, 1.82) is 0 Å². The molecule has 1 heterocycles. The molecule has 0 aliphatic carbocycles. The van der Waals surface area contributed by atoms with E-state index in [1.807, 2.05) is 13.8 Å². The van der Waals surface area contributed by atoms with E-state index in [4.69, 9.17) is 9.47 Å². The van der Waals surface area contributed by atoms with Gasteiger partial charge in [0.15, 0.2) is 0 Å². The minimum atomic E-state index is -0.482. The minimum Gasteiger partial charge on any atom is -0.391 e. The number of nitrogens with one attached hydrogen (secondary N) is 1. The predicted molar refractivity (Wildman–Crippen MR) is 77.1 cm³/mol. The third-order valence-corrected chi connectivity index (χ3v) is 2.50. The van der Waals surface area contributed by atoms with Crippen LogP contribution in [0.15, 0.2) is 24.4 Å². The Morgan fingerprint density at radius 2 is 1.86 bits per heavy atom. The first-order valence-corrected chi connectivity index (χ1v) is 6.89. The summed E-state index contributed by atoms with van der Waals surface area (Å²) in [4.78, 5) is 22.7. The third kappa shape index (κ3) is 5.29. The summed E-state index contributed by atoms with van der Waals surface area (Å²) in [6.45, 7) is 7.28. The van der Waals surface area contributed by atoms with Gasteiger partial charge in [0.1, 0.15) is 5.82 Å². The van der Waals surface area contributed by atoms with E-state index in [2.05, 4.69) is 10.4 Å². The van der Waals surface area contributed by atoms with Crippen molar-refractivity contribution >= 4 is 17.8 Å². The van der Waals surface area contributed by atoms with Gasteiger partial charge < -0.3 is 14.8 Å². The van der Waals surface area contributed by atoms with E-state index in [1.54, 1.807) is 30.8 Å². The van der Waals surface area contributed by atoms with E-state index in [0.29, 0.717) is 5.82 Å². The molecule has 21 heavy (non-hydrogen) atoms. The lowest BCUT2D eigenvalue weighted by atomic mass is 10.4. The second-order valence-electron chi connectivity index (χ2n) is 4.52. The van der Waals surface area contributed by atoms with Crippen LogP contribution in [0.25, 0.3) is 0 Å². The zero-order chi connectivity index (χ0) is 15.8. The predicted octanol–water partition coefficient (Wildman–Crippen LogP) is 2.58. The number of aromatic nitrogens is 2. The quantitative estimate of drug-likeness (QED) is 0.615. The van der Waals surface area contributed by atoms with Crippen LogP contribution in [0.1, 0.15) is 46.6 Å². The van der Waals surface area contributed by atoms with Crippen LogP contribution in [0.5, 0.6) is 0 Å². The maximum atomic E-state index is 11.3. The highest BCUT2D eigenvalue weighted by atomic mass is 16.7. The summed E-state index contributed by atoms with van der Waals surface area (Å²) < 4.78 is 11.7. The molecule has 1 N–H and O–H groups in total. The molecule has 0 unspecified atom stereocenters. The molecule has 0 saturated heterocycles. The Kier molecular flexibility index (Phi) is 6.45. The highest BCUT2D eigenvalue weighted by molar-refractivity contribution is 5.72. The molecular weight excluding hydrogens is 274 g/mol. The van der Waals surface area contributed by atoms with Gasteiger partial charge in [0.25, 0.3) is 0 Å². The largest absolute Gasteiger partial charge is 0.391 e. The molecule has 7 nitrogen and oxygen atoms in total. The Bertz CT molecular complexity index is 500. The standard InChI is InChI=1S/C14H21N3O4/c1-5-12(18)20-14(21-13(19)6-2)9-15-11-7-8-16-17(11)10(3)4/h7-10,15H,5-6H2,1-4H3. The number of anilines is 1. The number of nitrogens with zero attached hydrogens (tertiary/aromatic N) is 2. The first kappa shape index (κ1) is 16.7. The number of carbonyl (C=O) groups excluding carboxylic acids is 2. The monoisotopic (exact) mass is 295 g/mol. The molecule has 116 valence electrons. The molecule has 0 amide bonds. The van der Waals surface area contributed by atoms with E-state index in [9.17, 15) is 9.59 Å². The summed E-state index contributed by atoms with van der Waals surface area (Å²) in [7, 11) is 0. The molecule has 0 aliphatic rings. The molecule has 1 rings (SSSR count). The number of carbonyl (C=O) groups is 2. The molecule has 0 fully saturated rings. The molecule has 0 spiro atoms. The highest BCUT2D eigenvalue weighted by Gasteiger charge is 2.11. The molecule has 0 bridgehead atoms. The molecular formula is C14H21N3O4. The Balaban J connectivity index is 2.83. The van der Waals surface area contributed by atoms with E-state index in [0.717, 1.165) is 0 Å². The van der Waals surface area contributed by atoms with Crippen molar-refractivity contribution in [2.24, 2.45) is 0 Å². The minimum absolute atomic E-state index is 0.163. The topological polar surface area (TPSA) is 82.4 Å². The average molecular weight is 295 g/mol. The van der Waals surface area contributed by atoms with Crippen LogP contribution in [0.2, 0.25) is 0 Å². The number of ether oxygens (including phenoxy) is 2. The average Bonchev–Trinajstić information content (AvgIpc) is 2.92. The fraction of sp³-hybridized carbons (Fsp3) is 0.500. The molecule has 0 aromatic carbocycles. The summed E-state index contributed by atoms with van der Waals surface area (Å²) in [5.41, 5.74) is 0. The van der Waals surface area contributed by atoms with E-state index in [-0.39, 0.29) is 24.8 Å². The molecule has 0 atom stereocenters. The maximum Gasteiger partial charge on any atom is 0.313 e. The molecule has 0 aliphatic heterocycles. The van der Waals surface area contributed by atoms with Crippen LogP contribution < -0.4 is 5.32 Å². The van der Waals surface area contributed by atoms with Crippen molar-refractivity contribution in [2.45, 2.75) is 46.6 Å². The maximum absolute atomic E-state index is 11.3. The van der Waals surface area contributed by atoms with Crippen molar-refractivity contribution < 1.29 is 19.1 Å². The fourth-order valence-electron chi connectivity index (χ4n) is 1.42. The summed E-state index contributed by atoms with van der Waals surface area (Å²) in [5, 5.41) is 7.07. The van der Waals surface area contributed by atoms with Gasteiger partial charge in [-0.25, -0.2) is 4.68 Å². The lowest BCUT2D eigenvalue weighted by molar-refractivity contribution is -0.153. The van der Waals surface area contributed by atoms with Gasteiger partial charge in [-0.3, -0.25) is 9.59 Å². The van der Waals surface area contributed by atoms with Crippen molar-refractivity contribution in [1.82, 2.24) is 9.78 Å². The fourth-order valence-corrected chi connectivity index (χ4v) is 1.42. The zero-order valence-electron chi connectivity index (χ0n) is 12.8. The second-order valence-corrected chi connectivity index (χ2v) is 4.52. The molecule has 1 aromatic rings. The highest BCUT2D eigenvalue weighted by Crippen LogP contribution is 2.14. The number of hydrogen-bond acceptors (Lipinski definition) is 6. The van der Waals surface area contributed by atoms with Crippen molar-refractivity contribution in [3.8, 4) is 0 Å². The van der Waals surface area contributed by atoms with Gasteiger partial charge in [-0.05, 0) is 13.8 Å². The molecule has 1 aromatic heterocycles. The Morgan fingerprint density at radius 3 is 2.33 bits per heavy atom. The van der Waals surface area contributed by atoms with Crippen LogP contribution in [-0.4, -0.2) is 21.7 Å². The lowest BCUT2D eigenvalue weighted by Gasteiger charge is -2.12. The van der Waals surface area contributed by atoms with E-state index < -0.39 is 11.9 Å². The molecule has 0 radical (unpaired) electrons. The van der Waals surface area contributed by atoms with Crippen molar-refractivity contribution in [3.05, 3.63) is 24.4 Å². The van der Waals surface area contributed by atoms with Crippen LogP contribution in [-0.2, 0) is 19.1 Å². The Hall–Kier alpha value is -2.31. The van der Waals surface area contributed by atoms with Gasteiger partial charge in [-0.2, -0.15) is 5.10 Å². The number of esters is 2. The number of rotatable bonds is 7. The van der Waals surface area contributed by atoms with Gasteiger partial charge in [0.05, 0.1) is 12.4 Å². The van der Waals surface area contributed by atoms with Crippen LogP contribution >= 0.6 is 0 Å². The zero-order valence-corrected chi connectivity index (χ0v) is 12.8. The number of hydrogen-bond donors (Lipinski definition) is 1. The summed E-state index contributed by atoms with van der Waals surface area (Å²) >= 11 is 0. The van der Waals surface area contributed by atoms with Gasteiger partial charge in [-0.15, -0.1) is 0 Å². The van der Waals surface area contributed by atoms with Gasteiger partial charge >= 0.3 is 17.9 Å². The summed E-state index contributed by atoms with van der Waals surface area (Å²) in [6.07, 6.45) is 3.35. The summed E-state index contributed by atoms with van der Waals surface area (Å²) in [5.74, 6) is -0.443. The Labute approximate surface area is 123 Å². The first-order valence-electron chi connectivity index (χ1n) is 6.89. The first-order chi connectivity index (χ1) is 9.97. The Morgan fingerprint density at radius 1 is 1.29 bits per heavy atom. The van der Waals surface area contributed by atoms with Gasteiger partial charge in [-0.1, -0.05) is 13.8 Å². The van der Waals surface area contributed by atoms with Crippen LogP contribution in [0, 0.1) is 0 Å². The van der Waals surface area contributed by atoms with E-state index >= 15 is 0 Å². The molecule has 0 saturated carbocycles. The third-order valence-electron chi connectivity index (χ3n) is 2.50. The normalized spacial score (nSPS) is 10.1. The lowest BCUT2D eigenvalue weighted by Crippen LogP contribution is -2.12. The summed E-state index contributed by atoms with van der Waals surface area (Å²) in [6, 6.07) is 1.92. The smallest absolute Gasteiger partial charge is 0.313 e. The van der Waals surface area contributed by atoms with Crippen molar-refractivity contribution in [3.63, 3.8) is 0 Å². The van der Waals surface area contributed by atoms with Gasteiger partial charge in [0.2, 0.25) is 0 Å². The second kappa shape index (κ2) is 8.08. The SMILES string of the molecule is CCC(=O)OC(=CNc1ccnn1C(C)C)OC(=O)CC.